The molecule has 0 aliphatic carbocycles. The molecule has 0 saturated heterocycles. The van der Waals surface area contributed by atoms with Crippen molar-refractivity contribution in [2.24, 2.45) is 4.99 Å². The summed E-state index contributed by atoms with van der Waals surface area (Å²) in [5.41, 5.74) is 2.09. The van der Waals surface area contributed by atoms with Gasteiger partial charge in [-0.2, -0.15) is 0 Å². The predicted octanol–water partition coefficient (Wildman–Crippen LogP) is 2.47. The molecule has 0 radical (unpaired) electrons. The summed E-state index contributed by atoms with van der Waals surface area (Å²) < 4.78 is 5.20. The van der Waals surface area contributed by atoms with E-state index in [-0.39, 0.29) is 5.69 Å². The van der Waals surface area contributed by atoms with Crippen LogP contribution in [0.5, 0.6) is 5.75 Å². The number of rotatable bonds is 6. The van der Waals surface area contributed by atoms with Crippen LogP contribution in [0, 0.1) is 10.1 Å². The van der Waals surface area contributed by atoms with E-state index in [1.807, 2.05) is 24.3 Å². The van der Waals surface area contributed by atoms with Gasteiger partial charge in [-0.25, -0.2) is 0 Å². The highest BCUT2D eigenvalue weighted by molar-refractivity contribution is 5.79. The van der Waals surface area contributed by atoms with E-state index in [0.29, 0.717) is 19.0 Å². The van der Waals surface area contributed by atoms with E-state index in [1.165, 1.54) is 12.1 Å². The van der Waals surface area contributed by atoms with Gasteiger partial charge in [0, 0.05) is 32.3 Å². The SMILES string of the molecule is CN=C(NCc1ccc([N+](=O)[O-])cc1)NCc1cccc(OC)c1. The topological polar surface area (TPSA) is 88.8 Å². The van der Waals surface area contributed by atoms with E-state index in [1.54, 1.807) is 26.3 Å². The second kappa shape index (κ2) is 8.52. The van der Waals surface area contributed by atoms with Crippen LogP contribution in [0.1, 0.15) is 11.1 Å². The Morgan fingerprint density at radius 3 is 2.38 bits per heavy atom. The molecule has 0 bridgehead atoms. The summed E-state index contributed by atoms with van der Waals surface area (Å²) in [6.45, 7) is 1.13. The van der Waals surface area contributed by atoms with Gasteiger partial charge in [-0.3, -0.25) is 15.1 Å². The van der Waals surface area contributed by atoms with E-state index in [0.717, 1.165) is 16.9 Å². The highest BCUT2D eigenvalue weighted by atomic mass is 16.6. The molecule has 0 amide bonds. The van der Waals surface area contributed by atoms with E-state index >= 15 is 0 Å². The van der Waals surface area contributed by atoms with Gasteiger partial charge in [-0.1, -0.05) is 24.3 Å². The molecule has 24 heavy (non-hydrogen) atoms. The molecule has 2 aromatic carbocycles. The number of hydrogen-bond acceptors (Lipinski definition) is 4. The molecule has 7 nitrogen and oxygen atoms in total. The molecular weight excluding hydrogens is 308 g/mol. The minimum absolute atomic E-state index is 0.0827. The van der Waals surface area contributed by atoms with Crippen LogP contribution < -0.4 is 15.4 Å². The molecule has 0 aromatic heterocycles. The maximum atomic E-state index is 10.6. The number of nitrogens with zero attached hydrogens (tertiary/aromatic N) is 2. The number of nitrogens with one attached hydrogen (secondary N) is 2. The van der Waals surface area contributed by atoms with Crippen LogP contribution in [-0.2, 0) is 13.1 Å². The normalized spacial score (nSPS) is 11.0. The first-order chi connectivity index (χ1) is 11.6. The maximum Gasteiger partial charge on any atom is 0.269 e. The summed E-state index contributed by atoms with van der Waals surface area (Å²) in [4.78, 5) is 14.4. The fourth-order valence-electron chi connectivity index (χ4n) is 2.11. The fraction of sp³-hybridized carbons (Fsp3) is 0.235. The van der Waals surface area contributed by atoms with Gasteiger partial charge < -0.3 is 15.4 Å². The molecule has 0 aliphatic heterocycles. The summed E-state index contributed by atoms with van der Waals surface area (Å²) in [6, 6.07) is 14.2. The minimum Gasteiger partial charge on any atom is -0.497 e. The Bertz CT molecular complexity index is 714. The average molecular weight is 328 g/mol. The summed E-state index contributed by atoms with van der Waals surface area (Å²) in [7, 11) is 3.33. The molecule has 2 rings (SSSR count). The van der Waals surface area contributed by atoms with Gasteiger partial charge in [0.1, 0.15) is 5.75 Å². The van der Waals surface area contributed by atoms with Crippen molar-refractivity contribution in [1.29, 1.82) is 0 Å². The van der Waals surface area contributed by atoms with Crippen LogP contribution in [0.15, 0.2) is 53.5 Å². The molecule has 126 valence electrons. The second-order valence-electron chi connectivity index (χ2n) is 5.05. The summed E-state index contributed by atoms with van der Waals surface area (Å²) in [5, 5.41) is 17.0. The van der Waals surface area contributed by atoms with Crippen molar-refractivity contribution in [3.8, 4) is 5.75 Å². The van der Waals surface area contributed by atoms with Crippen LogP contribution in [0.3, 0.4) is 0 Å². The number of nitro benzene ring substituents is 1. The Kier molecular flexibility index (Phi) is 6.13. The maximum absolute atomic E-state index is 10.6. The Hall–Kier alpha value is -3.09. The van der Waals surface area contributed by atoms with E-state index < -0.39 is 4.92 Å². The lowest BCUT2D eigenvalue weighted by Crippen LogP contribution is -2.36. The highest BCUT2D eigenvalue weighted by Gasteiger charge is 2.04. The lowest BCUT2D eigenvalue weighted by atomic mass is 10.2. The molecule has 0 fully saturated rings. The molecule has 0 unspecified atom stereocenters. The summed E-state index contributed by atoms with van der Waals surface area (Å²) in [6.07, 6.45) is 0. The number of aliphatic imine (C=N–C) groups is 1. The minimum atomic E-state index is -0.411. The highest BCUT2D eigenvalue weighted by Crippen LogP contribution is 2.13. The lowest BCUT2D eigenvalue weighted by molar-refractivity contribution is -0.384. The van der Waals surface area contributed by atoms with Gasteiger partial charge >= 0.3 is 0 Å². The van der Waals surface area contributed by atoms with Crippen molar-refractivity contribution in [2.75, 3.05) is 14.2 Å². The first-order valence-electron chi connectivity index (χ1n) is 7.43. The molecule has 0 saturated carbocycles. The fourth-order valence-corrected chi connectivity index (χ4v) is 2.11. The lowest BCUT2D eigenvalue weighted by Gasteiger charge is -2.12. The first-order valence-corrected chi connectivity index (χ1v) is 7.43. The zero-order valence-electron chi connectivity index (χ0n) is 13.7. The number of benzene rings is 2. The van der Waals surface area contributed by atoms with Crippen LogP contribution >= 0.6 is 0 Å². The van der Waals surface area contributed by atoms with Gasteiger partial charge in [0.2, 0.25) is 0 Å². The van der Waals surface area contributed by atoms with Gasteiger partial charge in [0.15, 0.2) is 5.96 Å². The third-order valence-electron chi connectivity index (χ3n) is 3.42. The number of nitro groups is 1. The number of non-ortho nitro benzene ring substituents is 1. The predicted molar refractivity (Wildman–Crippen MR) is 93.1 cm³/mol. The van der Waals surface area contributed by atoms with Crippen molar-refractivity contribution in [3.05, 3.63) is 69.8 Å². The summed E-state index contributed by atoms with van der Waals surface area (Å²) >= 11 is 0. The number of ether oxygens (including phenoxy) is 1. The quantitative estimate of drug-likeness (QED) is 0.368. The van der Waals surface area contributed by atoms with Crippen LogP contribution in [0.25, 0.3) is 0 Å². The van der Waals surface area contributed by atoms with Gasteiger partial charge in [-0.15, -0.1) is 0 Å². The van der Waals surface area contributed by atoms with Crippen LogP contribution in [0.4, 0.5) is 5.69 Å². The molecule has 0 aliphatic rings. The first kappa shape index (κ1) is 17.3. The van der Waals surface area contributed by atoms with E-state index in [4.69, 9.17) is 4.74 Å². The smallest absolute Gasteiger partial charge is 0.269 e. The van der Waals surface area contributed by atoms with Gasteiger partial charge in [0.05, 0.1) is 12.0 Å². The van der Waals surface area contributed by atoms with Crippen LogP contribution in [0.2, 0.25) is 0 Å². The zero-order chi connectivity index (χ0) is 17.4. The van der Waals surface area contributed by atoms with Crippen LogP contribution in [-0.4, -0.2) is 25.0 Å². The number of hydrogen-bond donors (Lipinski definition) is 2. The average Bonchev–Trinajstić information content (AvgIpc) is 2.62. The Labute approximate surface area is 140 Å². The van der Waals surface area contributed by atoms with Crippen molar-refractivity contribution in [2.45, 2.75) is 13.1 Å². The third-order valence-corrected chi connectivity index (χ3v) is 3.42. The van der Waals surface area contributed by atoms with Gasteiger partial charge in [0.25, 0.3) is 5.69 Å². The Morgan fingerprint density at radius 1 is 1.12 bits per heavy atom. The van der Waals surface area contributed by atoms with Crippen molar-refractivity contribution < 1.29 is 9.66 Å². The molecule has 0 heterocycles. The van der Waals surface area contributed by atoms with E-state index in [9.17, 15) is 10.1 Å². The third kappa shape index (κ3) is 4.98. The number of guanidine groups is 1. The molecule has 0 spiro atoms. The van der Waals surface area contributed by atoms with E-state index in [2.05, 4.69) is 15.6 Å². The zero-order valence-corrected chi connectivity index (χ0v) is 13.7. The Balaban J connectivity index is 1.87. The monoisotopic (exact) mass is 328 g/mol. The molecule has 0 atom stereocenters. The largest absolute Gasteiger partial charge is 0.497 e. The molecule has 7 heteroatoms. The summed E-state index contributed by atoms with van der Waals surface area (Å²) in [5.74, 6) is 1.46. The van der Waals surface area contributed by atoms with Gasteiger partial charge in [-0.05, 0) is 23.3 Å². The van der Waals surface area contributed by atoms with Crippen molar-refractivity contribution in [1.82, 2.24) is 10.6 Å². The molecular formula is C17H20N4O3. The standard InChI is InChI=1S/C17H20N4O3/c1-18-17(20-12-14-4-3-5-16(10-14)24-2)19-11-13-6-8-15(9-7-13)21(22)23/h3-10H,11-12H2,1-2H3,(H2,18,19,20). The second-order valence-corrected chi connectivity index (χ2v) is 5.05. The number of methoxy groups -OCH3 is 1. The Morgan fingerprint density at radius 2 is 1.79 bits per heavy atom. The van der Waals surface area contributed by atoms with Crippen molar-refractivity contribution >= 4 is 11.6 Å². The van der Waals surface area contributed by atoms with Crippen molar-refractivity contribution in [3.63, 3.8) is 0 Å². The molecule has 2 aromatic rings. The molecule has 2 N–H and O–H groups in total.